The van der Waals surface area contributed by atoms with Crippen LogP contribution in [0, 0.1) is 0 Å². The van der Waals surface area contributed by atoms with Crippen molar-refractivity contribution in [3.05, 3.63) is 60.3 Å². The average Bonchev–Trinajstić information content (AvgIpc) is 2.84. The van der Waals surface area contributed by atoms with Gasteiger partial charge in [-0.3, -0.25) is 0 Å². The molecule has 0 N–H and O–H groups in total. The minimum absolute atomic E-state index is 0.429. The van der Waals surface area contributed by atoms with E-state index in [0.717, 1.165) is 10.9 Å². The Morgan fingerprint density at radius 3 is 2.68 bits per heavy atom. The van der Waals surface area contributed by atoms with Crippen LogP contribution in [0.25, 0.3) is 5.52 Å². The van der Waals surface area contributed by atoms with Crippen molar-refractivity contribution in [2.24, 2.45) is 0 Å². The first-order chi connectivity index (χ1) is 9.38. The van der Waals surface area contributed by atoms with Crippen LogP contribution in [0.2, 0.25) is 5.82 Å². The molecule has 0 aliphatic rings. The average molecular weight is 333 g/mol. The number of hydrogen-bond acceptors (Lipinski definition) is 2. The van der Waals surface area contributed by atoms with Crippen molar-refractivity contribution in [3.63, 3.8) is 0 Å². The van der Waals surface area contributed by atoms with E-state index in [-0.39, 0.29) is 0 Å². The third kappa shape index (κ3) is 2.71. The van der Waals surface area contributed by atoms with E-state index < -0.39 is 0 Å². The van der Waals surface area contributed by atoms with Crippen LogP contribution in [0.4, 0.5) is 0 Å². The van der Waals surface area contributed by atoms with Gasteiger partial charge in [-0.1, -0.05) is 0 Å². The predicted molar refractivity (Wildman–Crippen MR) is 82.4 cm³/mol. The van der Waals surface area contributed by atoms with E-state index in [0.29, 0.717) is 15.0 Å². The SMILES string of the molecule is C[Se]c1nc(SCc2ccccc2)n2ccccc12. The molecular weight excluding hydrogens is 319 g/mol. The number of rotatable bonds is 4. The van der Waals surface area contributed by atoms with Gasteiger partial charge in [0, 0.05) is 0 Å². The Morgan fingerprint density at radius 2 is 1.89 bits per heavy atom. The number of thioether (sulfide) groups is 1. The van der Waals surface area contributed by atoms with Crippen LogP contribution < -0.4 is 4.59 Å². The fourth-order valence-corrected chi connectivity index (χ4v) is 4.19. The van der Waals surface area contributed by atoms with Gasteiger partial charge >= 0.3 is 123 Å². The molecule has 1 aromatic carbocycles. The Balaban J connectivity index is 1.89. The van der Waals surface area contributed by atoms with Gasteiger partial charge in [0.1, 0.15) is 0 Å². The molecule has 19 heavy (non-hydrogen) atoms. The van der Waals surface area contributed by atoms with Gasteiger partial charge in [0.15, 0.2) is 0 Å². The van der Waals surface area contributed by atoms with Crippen LogP contribution in [-0.4, -0.2) is 24.3 Å². The van der Waals surface area contributed by atoms with Crippen LogP contribution in [0.15, 0.2) is 59.9 Å². The molecule has 0 amide bonds. The first-order valence-electron chi connectivity index (χ1n) is 6.06. The van der Waals surface area contributed by atoms with Gasteiger partial charge in [0.2, 0.25) is 0 Å². The summed E-state index contributed by atoms with van der Waals surface area (Å²) in [5, 5.41) is 1.10. The summed E-state index contributed by atoms with van der Waals surface area (Å²) in [6.45, 7) is 0. The normalized spacial score (nSPS) is 11.0. The zero-order valence-electron chi connectivity index (χ0n) is 10.6. The van der Waals surface area contributed by atoms with Gasteiger partial charge in [-0.15, -0.1) is 0 Å². The van der Waals surface area contributed by atoms with E-state index in [2.05, 4.69) is 65.0 Å². The van der Waals surface area contributed by atoms with Crippen LogP contribution >= 0.6 is 11.8 Å². The maximum absolute atomic E-state index is 4.78. The second-order valence-corrected chi connectivity index (χ2v) is 6.74. The van der Waals surface area contributed by atoms with Crippen molar-refractivity contribution < 1.29 is 0 Å². The Labute approximate surface area is 123 Å². The molecule has 3 aromatic rings. The Morgan fingerprint density at radius 1 is 1.11 bits per heavy atom. The van der Waals surface area contributed by atoms with Crippen molar-refractivity contribution in [1.29, 1.82) is 0 Å². The molecule has 96 valence electrons. The second-order valence-electron chi connectivity index (χ2n) is 4.13. The van der Waals surface area contributed by atoms with E-state index in [1.165, 1.54) is 15.7 Å². The number of aromatic nitrogens is 2. The fraction of sp³-hybridized carbons (Fsp3) is 0.133. The Kier molecular flexibility index (Phi) is 3.92. The molecule has 0 bridgehead atoms. The first kappa shape index (κ1) is 12.8. The summed E-state index contributed by atoms with van der Waals surface area (Å²) in [6.07, 6.45) is 2.10. The van der Waals surface area contributed by atoms with E-state index in [1.54, 1.807) is 11.8 Å². The number of hydrogen-bond donors (Lipinski definition) is 0. The van der Waals surface area contributed by atoms with Crippen molar-refractivity contribution >= 4 is 36.8 Å². The summed E-state index contributed by atoms with van der Waals surface area (Å²) >= 11 is 2.23. The molecule has 0 saturated carbocycles. The van der Waals surface area contributed by atoms with Gasteiger partial charge in [0.25, 0.3) is 0 Å². The molecular formula is C15H14N2SSe. The topological polar surface area (TPSA) is 17.3 Å². The molecule has 2 nitrogen and oxygen atoms in total. The minimum atomic E-state index is 0.429. The van der Waals surface area contributed by atoms with Gasteiger partial charge < -0.3 is 0 Å². The molecule has 4 heteroatoms. The molecule has 0 fully saturated rings. The quantitative estimate of drug-likeness (QED) is 0.539. The van der Waals surface area contributed by atoms with Crippen LogP contribution in [-0.2, 0) is 5.75 Å². The zero-order valence-corrected chi connectivity index (χ0v) is 13.1. The molecule has 2 heterocycles. The van der Waals surface area contributed by atoms with E-state index in [9.17, 15) is 0 Å². The molecule has 0 unspecified atom stereocenters. The van der Waals surface area contributed by atoms with Gasteiger partial charge in [0.05, 0.1) is 0 Å². The third-order valence-corrected chi connectivity index (χ3v) is 5.35. The van der Waals surface area contributed by atoms with Crippen molar-refractivity contribution in [1.82, 2.24) is 9.38 Å². The van der Waals surface area contributed by atoms with Crippen LogP contribution in [0.3, 0.4) is 0 Å². The standard InChI is InChI=1S/C15H14N2SSe/c1-19-14-13-9-5-6-10-17(13)15(16-14)18-11-12-7-3-2-4-8-12/h2-10H,11H2,1H3. The van der Waals surface area contributed by atoms with Crippen molar-refractivity contribution in [2.75, 3.05) is 0 Å². The maximum atomic E-state index is 4.78. The molecule has 0 saturated heterocycles. The summed E-state index contributed by atoms with van der Waals surface area (Å²) in [7, 11) is 0. The number of fused-ring (bicyclic) bond motifs is 1. The van der Waals surface area contributed by atoms with E-state index in [1.807, 2.05) is 0 Å². The van der Waals surface area contributed by atoms with Crippen LogP contribution in [0.1, 0.15) is 5.56 Å². The van der Waals surface area contributed by atoms with Crippen molar-refractivity contribution in [3.8, 4) is 0 Å². The molecule has 3 rings (SSSR count). The first-order valence-corrected chi connectivity index (χ1v) is 9.62. The number of imidazole rings is 1. The zero-order chi connectivity index (χ0) is 13.1. The summed E-state index contributed by atoms with van der Waals surface area (Å²) in [6, 6.07) is 16.8. The third-order valence-electron chi connectivity index (χ3n) is 2.89. The molecule has 0 radical (unpaired) electrons. The fourth-order valence-electron chi connectivity index (χ4n) is 1.96. The summed E-state index contributed by atoms with van der Waals surface area (Å²) in [5.74, 6) is 3.18. The van der Waals surface area contributed by atoms with Crippen molar-refractivity contribution in [2.45, 2.75) is 16.7 Å². The molecule has 0 atom stereocenters. The Bertz CT molecular complexity index is 679. The number of pyridine rings is 1. The number of nitrogens with zero attached hydrogens (tertiary/aromatic N) is 2. The monoisotopic (exact) mass is 334 g/mol. The summed E-state index contributed by atoms with van der Waals surface area (Å²) in [5.41, 5.74) is 2.59. The van der Waals surface area contributed by atoms with E-state index >= 15 is 0 Å². The summed E-state index contributed by atoms with van der Waals surface area (Å²) < 4.78 is 3.44. The predicted octanol–water partition coefficient (Wildman–Crippen LogP) is 3.00. The Hall–Kier alpha value is -1.22. The molecule has 2 aromatic heterocycles. The molecule has 0 aliphatic carbocycles. The van der Waals surface area contributed by atoms with Gasteiger partial charge in [-0.05, 0) is 0 Å². The molecule has 0 spiro atoms. The second kappa shape index (κ2) is 5.83. The van der Waals surface area contributed by atoms with Gasteiger partial charge in [-0.2, -0.15) is 0 Å². The van der Waals surface area contributed by atoms with Gasteiger partial charge in [-0.25, -0.2) is 0 Å². The molecule has 0 aliphatic heterocycles. The number of benzene rings is 1. The van der Waals surface area contributed by atoms with Crippen LogP contribution in [0.5, 0.6) is 0 Å². The van der Waals surface area contributed by atoms with E-state index in [4.69, 9.17) is 4.98 Å². The summed E-state index contributed by atoms with van der Waals surface area (Å²) in [4.78, 5) is 4.78.